The highest BCUT2D eigenvalue weighted by Crippen LogP contribution is 2.57. The molecule has 4 saturated carbocycles. The van der Waals surface area contributed by atoms with E-state index in [2.05, 4.69) is 15.5 Å². The highest BCUT2D eigenvalue weighted by Gasteiger charge is 2.57. The molecule has 1 heterocycles. The van der Waals surface area contributed by atoms with Crippen molar-refractivity contribution in [2.45, 2.75) is 56.6 Å². The second-order valence-electron chi connectivity index (χ2n) is 10.4. The number of nitrogens with zero attached hydrogens (tertiary/aromatic N) is 1. The van der Waals surface area contributed by atoms with Gasteiger partial charge in [0.1, 0.15) is 6.54 Å². The van der Waals surface area contributed by atoms with Crippen LogP contribution in [0.5, 0.6) is 0 Å². The van der Waals surface area contributed by atoms with Crippen molar-refractivity contribution in [2.75, 3.05) is 18.4 Å². The zero-order chi connectivity index (χ0) is 23.3. The zero-order valence-corrected chi connectivity index (χ0v) is 19.2. The van der Waals surface area contributed by atoms with Gasteiger partial charge in [0.05, 0.1) is 5.60 Å². The molecule has 33 heavy (non-hydrogen) atoms. The Kier molecular flexibility index (Phi) is 5.77. The standard InChI is InChI=1S/C24H30ClN3O5/c25-19-8-18(27-23(32)26-12-20(29)30)2-1-14(19)7-15-3-4-28(22(15)31)21-16-5-13-6-17(21)11-24(33,9-13)10-16/h1-2,8,13,15-17,21,33H,3-7,9-12H2,(H,29,30)(H2,26,27,32). The summed E-state index contributed by atoms with van der Waals surface area (Å²) in [6, 6.07) is 4.78. The average Bonchev–Trinajstić information content (AvgIpc) is 3.07. The molecule has 1 aromatic rings. The number of nitrogens with one attached hydrogen (secondary N) is 2. The third kappa shape index (κ3) is 4.43. The second-order valence-corrected chi connectivity index (χ2v) is 10.8. The molecule has 1 aliphatic heterocycles. The zero-order valence-electron chi connectivity index (χ0n) is 18.4. The van der Waals surface area contributed by atoms with Crippen LogP contribution in [0.25, 0.3) is 0 Å². The maximum Gasteiger partial charge on any atom is 0.323 e. The summed E-state index contributed by atoms with van der Waals surface area (Å²) in [5, 5.41) is 24.8. The van der Waals surface area contributed by atoms with Crippen LogP contribution >= 0.6 is 11.6 Å². The van der Waals surface area contributed by atoms with Crippen LogP contribution in [0.3, 0.4) is 0 Å². The molecule has 6 rings (SSSR count). The number of aliphatic hydroxyl groups is 1. The first-order valence-electron chi connectivity index (χ1n) is 11.8. The van der Waals surface area contributed by atoms with E-state index in [0.717, 1.165) is 50.6 Å². The molecule has 0 aromatic heterocycles. The number of carboxylic acids is 1. The van der Waals surface area contributed by atoms with Crippen molar-refractivity contribution in [1.29, 1.82) is 0 Å². The highest BCUT2D eigenvalue weighted by atomic mass is 35.5. The molecule has 3 amide bonds. The molecular weight excluding hydrogens is 446 g/mol. The molecule has 0 spiro atoms. The summed E-state index contributed by atoms with van der Waals surface area (Å²) in [5.41, 5.74) is 0.813. The fourth-order valence-corrected chi connectivity index (χ4v) is 7.36. The van der Waals surface area contributed by atoms with Crippen molar-refractivity contribution in [3.63, 3.8) is 0 Å². The lowest BCUT2D eigenvalue weighted by Gasteiger charge is -2.59. The molecule has 1 saturated heterocycles. The molecule has 4 aliphatic carbocycles. The molecule has 3 atom stereocenters. The van der Waals surface area contributed by atoms with E-state index in [0.29, 0.717) is 34.9 Å². The summed E-state index contributed by atoms with van der Waals surface area (Å²) in [4.78, 5) is 37.8. The van der Waals surface area contributed by atoms with Gasteiger partial charge in [-0.25, -0.2) is 4.79 Å². The number of amides is 3. The first kappa shape index (κ1) is 22.5. The lowest BCUT2D eigenvalue weighted by molar-refractivity contribution is -0.168. The Balaban J connectivity index is 1.21. The van der Waals surface area contributed by atoms with Crippen molar-refractivity contribution < 1.29 is 24.6 Å². The molecule has 3 unspecified atom stereocenters. The van der Waals surface area contributed by atoms with Crippen LogP contribution in [-0.2, 0) is 16.0 Å². The van der Waals surface area contributed by atoms with Crippen LogP contribution < -0.4 is 10.6 Å². The molecule has 4 bridgehead atoms. The van der Waals surface area contributed by atoms with Gasteiger partial charge >= 0.3 is 12.0 Å². The van der Waals surface area contributed by atoms with Crippen molar-refractivity contribution in [3.05, 3.63) is 28.8 Å². The van der Waals surface area contributed by atoms with Crippen LogP contribution in [0.2, 0.25) is 5.02 Å². The number of likely N-dealkylation sites (tertiary alicyclic amines) is 1. The van der Waals surface area contributed by atoms with Crippen molar-refractivity contribution in [1.82, 2.24) is 10.2 Å². The number of hydrogen-bond donors (Lipinski definition) is 4. The van der Waals surface area contributed by atoms with Crippen LogP contribution in [-0.4, -0.2) is 57.8 Å². The Hall–Kier alpha value is -2.32. The average molecular weight is 476 g/mol. The third-order valence-electron chi connectivity index (χ3n) is 8.08. The minimum Gasteiger partial charge on any atom is -0.480 e. The molecule has 1 aromatic carbocycles. The predicted molar refractivity (Wildman–Crippen MR) is 122 cm³/mol. The summed E-state index contributed by atoms with van der Waals surface area (Å²) in [7, 11) is 0. The summed E-state index contributed by atoms with van der Waals surface area (Å²) in [5.74, 6) is 0.425. The smallest absolute Gasteiger partial charge is 0.323 e. The number of halogens is 1. The Bertz CT molecular complexity index is 969. The molecule has 4 N–H and O–H groups in total. The number of carboxylic acid groups (broad SMARTS) is 1. The van der Waals surface area contributed by atoms with Crippen molar-refractivity contribution in [2.24, 2.45) is 23.7 Å². The predicted octanol–water partition coefficient (Wildman–Crippen LogP) is 2.88. The minimum atomic E-state index is -1.13. The number of carbonyl (C=O) groups is 3. The van der Waals surface area contributed by atoms with E-state index < -0.39 is 24.1 Å². The van der Waals surface area contributed by atoms with Crippen molar-refractivity contribution >= 4 is 35.2 Å². The molecule has 8 nitrogen and oxygen atoms in total. The van der Waals surface area contributed by atoms with Gasteiger partial charge in [0.15, 0.2) is 0 Å². The van der Waals surface area contributed by atoms with E-state index >= 15 is 0 Å². The molecule has 178 valence electrons. The maximum atomic E-state index is 13.4. The van der Waals surface area contributed by atoms with Gasteiger partial charge in [0, 0.05) is 29.2 Å². The lowest BCUT2D eigenvalue weighted by Crippen LogP contribution is -2.62. The van der Waals surface area contributed by atoms with Crippen LogP contribution in [0, 0.1) is 23.7 Å². The number of urea groups is 1. The van der Waals surface area contributed by atoms with E-state index in [1.54, 1.807) is 12.1 Å². The lowest BCUT2D eigenvalue weighted by atomic mass is 9.52. The van der Waals surface area contributed by atoms with Crippen LogP contribution in [0.1, 0.15) is 44.1 Å². The molecule has 0 radical (unpaired) electrons. The van der Waals surface area contributed by atoms with Gasteiger partial charge in [-0.15, -0.1) is 0 Å². The van der Waals surface area contributed by atoms with Gasteiger partial charge in [-0.1, -0.05) is 17.7 Å². The highest BCUT2D eigenvalue weighted by molar-refractivity contribution is 6.31. The Morgan fingerprint density at radius 2 is 1.91 bits per heavy atom. The van der Waals surface area contributed by atoms with E-state index in [4.69, 9.17) is 16.7 Å². The Morgan fingerprint density at radius 3 is 2.55 bits per heavy atom. The molecule has 5 aliphatic rings. The number of carbonyl (C=O) groups excluding carboxylic acids is 2. The van der Waals surface area contributed by atoms with Crippen molar-refractivity contribution in [3.8, 4) is 0 Å². The normalized spacial score (nSPS) is 34.5. The van der Waals surface area contributed by atoms with E-state index in [-0.39, 0.29) is 17.9 Å². The molecule has 9 heteroatoms. The monoisotopic (exact) mass is 475 g/mol. The van der Waals surface area contributed by atoms with Gasteiger partial charge in [0.2, 0.25) is 5.91 Å². The number of hydrogen-bond acceptors (Lipinski definition) is 4. The summed E-state index contributed by atoms with van der Waals surface area (Å²) < 4.78 is 0. The number of aliphatic carboxylic acids is 1. The largest absolute Gasteiger partial charge is 0.480 e. The summed E-state index contributed by atoms with van der Waals surface area (Å²) in [6.07, 6.45) is 6.23. The molecular formula is C24H30ClN3O5. The van der Waals surface area contributed by atoms with Gasteiger partial charge < -0.3 is 25.7 Å². The Labute approximate surface area is 197 Å². The minimum absolute atomic E-state index is 0.111. The number of rotatable bonds is 6. The topological polar surface area (TPSA) is 119 Å². The van der Waals surface area contributed by atoms with Crippen LogP contribution in [0.4, 0.5) is 10.5 Å². The first-order valence-corrected chi connectivity index (χ1v) is 12.2. The van der Waals surface area contributed by atoms with Gasteiger partial charge in [-0.2, -0.15) is 0 Å². The maximum absolute atomic E-state index is 13.4. The van der Waals surface area contributed by atoms with E-state index in [1.165, 1.54) is 0 Å². The fraction of sp³-hybridized carbons (Fsp3) is 0.625. The number of anilines is 1. The van der Waals surface area contributed by atoms with E-state index in [1.807, 2.05) is 6.07 Å². The third-order valence-corrected chi connectivity index (χ3v) is 8.43. The fourth-order valence-electron chi connectivity index (χ4n) is 7.10. The van der Waals surface area contributed by atoms with Crippen LogP contribution in [0.15, 0.2) is 18.2 Å². The quantitative estimate of drug-likeness (QED) is 0.504. The van der Waals surface area contributed by atoms with Gasteiger partial charge in [-0.3, -0.25) is 9.59 Å². The first-order chi connectivity index (χ1) is 15.7. The molecule has 5 fully saturated rings. The number of benzene rings is 1. The van der Waals surface area contributed by atoms with E-state index in [9.17, 15) is 19.5 Å². The Morgan fingerprint density at radius 1 is 1.18 bits per heavy atom. The van der Waals surface area contributed by atoms with Gasteiger partial charge in [-0.05, 0) is 80.4 Å². The second kappa shape index (κ2) is 8.47. The summed E-state index contributed by atoms with van der Waals surface area (Å²) in [6.45, 7) is 0.297. The van der Waals surface area contributed by atoms with Gasteiger partial charge in [0.25, 0.3) is 0 Å². The summed E-state index contributed by atoms with van der Waals surface area (Å²) >= 11 is 6.45. The SMILES string of the molecule is O=C(O)CNC(=O)Nc1ccc(CC2CCN(C3C4CC5CC3CC(O)(C5)C4)C2=O)c(Cl)c1.